The van der Waals surface area contributed by atoms with Crippen molar-refractivity contribution in [2.24, 2.45) is 0 Å². The highest BCUT2D eigenvalue weighted by Crippen LogP contribution is 2.23. The first kappa shape index (κ1) is 14.6. The Kier molecular flexibility index (Phi) is 4.15. The molecule has 0 bridgehead atoms. The van der Waals surface area contributed by atoms with Gasteiger partial charge >= 0.3 is 0 Å². The second-order valence-electron chi connectivity index (χ2n) is 4.12. The molecule has 0 unspecified atom stereocenters. The van der Waals surface area contributed by atoms with E-state index in [1.807, 2.05) is 0 Å². The Morgan fingerprint density at radius 1 is 1.20 bits per heavy atom. The minimum atomic E-state index is -3.80. The van der Waals surface area contributed by atoms with Crippen LogP contribution in [0.15, 0.2) is 42.5 Å². The average molecular weight is 316 g/mol. The molecule has 7 heteroatoms. The van der Waals surface area contributed by atoms with Crippen LogP contribution in [0.2, 0.25) is 5.02 Å². The second kappa shape index (κ2) is 5.68. The van der Waals surface area contributed by atoms with Crippen LogP contribution >= 0.6 is 11.6 Å². The van der Waals surface area contributed by atoms with Gasteiger partial charge in [0.2, 0.25) is 10.0 Å². The fourth-order valence-corrected chi connectivity index (χ4v) is 3.13. The van der Waals surface area contributed by atoms with Gasteiger partial charge in [0.15, 0.2) is 5.82 Å². The van der Waals surface area contributed by atoms with Crippen molar-refractivity contribution in [2.75, 3.05) is 4.72 Å². The van der Waals surface area contributed by atoms with Crippen LogP contribution in [-0.4, -0.2) is 13.5 Å². The number of hydrogen-bond acceptors (Lipinski definition) is 3. The number of rotatable bonds is 4. The standard InChI is InChI=1S/C13H11ClFNO3S/c14-11-4-2-1-3-9(11)8-20(18,19)16-13-6-5-10(17)7-12(13)15/h1-7,16-17H,8H2. The number of hydrogen-bond donors (Lipinski definition) is 2. The highest BCUT2D eigenvalue weighted by molar-refractivity contribution is 7.91. The van der Waals surface area contributed by atoms with Gasteiger partial charge in [-0.3, -0.25) is 4.72 Å². The van der Waals surface area contributed by atoms with Gasteiger partial charge in [-0.15, -0.1) is 0 Å². The number of nitrogens with one attached hydrogen (secondary N) is 1. The fourth-order valence-electron chi connectivity index (χ4n) is 1.61. The minimum absolute atomic E-state index is 0.227. The molecule has 0 spiro atoms. The number of benzene rings is 2. The van der Waals surface area contributed by atoms with Gasteiger partial charge in [0.25, 0.3) is 0 Å². The zero-order valence-corrected chi connectivity index (χ0v) is 11.7. The lowest BCUT2D eigenvalue weighted by atomic mass is 10.2. The second-order valence-corrected chi connectivity index (χ2v) is 6.25. The molecule has 106 valence electrons. The molecule has 0 aliphatic rings. The Hall–Kier alpha value is -1.79. The number of sulfonamides is 1. The fraction of sp³-hybridized carbons (Fsp3) is 0.0769. The van der Waals surface area contributed by atoms with E-state index in [0.717, 1.165) is 12.1 Å². The molecule has 20 heavy (non-hydrogen) atoms. The molecule has 4 nitrogen and oxygen atoms in total. The van der Waals surface area contributed by atoms with Crippen molar-refractivity contribution >= 4 is 27.3 Å². The molecule has 2 N–H and O–H groups in total. The minimum Gasteiger partial charge on any atom is -0.508 e. The van der Waals surface area contributed by atoms with Crippen molar-refractivity contribution in [1.82, 2.24) is 0 Å². The summed E-state index contributed by atoms with van der Waals surface area (Å²) in [5, 5.41) is 9.40. The van der Waals surface area contributed by atoms with E-state index < -0.39 is 15.8 Å². The third-order valence-corrected chi connectivity index (χ3v) is 4.11. The first-order valence-electron chi connectivity index (χ1n) is 5.60. The smallest absolute Gasteiger partial charge is 0.237 e. The first-order chi connectivity index (χ1) is 9.37. The number of phenolic OH excluding ortho intramolecular Hbond substituents is 1. The van der Waals surface area contributed by atoms with Gasteiger partial charge in [-0.05, 0) is 23.8 Å². The van der Waals surface area contributed by atoms with Crippen LogP contribution in [0.25, 0.3) is 0 Å². The van der Waals surface area contributed by atoms with Crippen LogP contribution in [0.4, 0.5) is 10.1 Å². The van der Waals surface area contributed by atoms with E-state index in [0.29, 0.717) is 10.6 Å². The van der Waals surface area contributed by atoms with E-state index in [-0.39, 0.29) is 17.2 Å². The molecular formula is C13H11ClFNO3S. The van der Waals surface area contributed by atoms with Gasteiger partial charge in [-0.1, -0.05) is 29.8 Å². The largest absolute Gasteiger partial charge is 0.508 e. The summed E-state index contributed by atoms with van der Waals surface area (Å²) in [7, 11) is -3.80. The normalized spacial score (nSPS) is 11.3. The Balaban J connectivity index is 2.22. The number of halogens is 2. The molecule has 0 aliphatic carbocycles. The quantitative estimate of drug-likeness (QED) is 0.852. The topological polar surface area (TPSA) is 66.4 Å². The maximum absolute atomic E-state index is 13.5. The Labute approximate surface area is 120 Å². The van der Waals surface area contributed by atoms with E-state index in [9.17, 15) is 12.8 Å². The highest BCUT2D eigenvalue weighted by atomic mass is 35.5. The average Bonchev–Trinajstić information content (AvgIpc) is 2.35. The molecule has 0 aliphatic heterocycles. The number of anilines is 1. The van der Waals surface area contributed by atoms with E-state index in [4.69, 9.17) is 16.7 Å². The summed E-state index contributed by atoms with van der Waals surface area (Å²) in [6, 6.07) is 9.67. The maximum atomic E-state index is 13.5. The third kappa shape index (κ3) is 3.61. The van der Waals surface area contributed by atoms with Crippen molar-refractivity contribution in [3.63, 3.8) is 0 Å². The molecule has 0 amide bonds. The molecule has 0 fully saturated rings. The van der Waals surface area contributed by atoms with Crippen molar-refractivity contribution in [2.45, 2.75) is 5.75 Å². The molecule has 0 heterocycles. The van der Waals surface area contributed by atoms with E-state index in [2.05, 4.69) is 4.72 Å². The summed E-state index contributed by atoms with van der Waals surface area (Å²) in [5.41, 5.74) is 0.190. The predicted molar refractivity (Wildman–Crippen MR) is 75.8 cm³/mol. The SMILES string of the molecule is O=S(=O)(Cc1ccccc1Cl)Nc1ccc(O)cc1F. The predicted octanol–water partition coefficient (Wildman–Crippen LogP) is 3.13. The summed E-state index contributed by atoms with van der Waals surface area (Å²) < 4.78 is 39.5. The van der Waals surface area contributed by atoms with Gasteiger partial charge in [0.1, 0.15) is 5.75 Å². The van der Waals surface area contributed by atoms with Gasteiger partial charge in [-0.25, -0.2) is 12.8 Å². The molecule has 0 saturated carbocycles. The summed E-state index contributed by atoms with van der Waals surface area (Å²) in [6.45, 7) is 0. The van der Waals surface area contributed by atoms with E-state index in [1.165, 1.54) is 6.07 Å². The summed E-state index contributed by atoms with van der Waals surface area (Å²) in [6.07, 6.45) is 0. The molecular weight excluding hydrogens is 305 g/mol. The van der Waals surface area contributed by atoms with Gasteiger partial charge in [-0.2, -0.15) is 0 Å². The number of aromatic hydroxyl groups is 1. The highest BCUT2D eigenvalue weighted by Gasteiger charge is 2.16. The van der Waals surface area contributed by atoms with E-state index in [1.54, 1.807) is 24.3 Å². The zero-order chi connectivity index (χ0) is 14.8. The molecule has 0 aromatic heterocycles. The molecule has 2 aromatic carbocycles. The van der Waals surface area contributed by atoms with E-state index >= 15 is 0 Å². The molecule has 0 saturated heterocycles. The summed E-state index contributed by atoms with van der Waals surface area (Å²) in [4.78, 5) is 0. The first-order valence-corrected chi connectivity index (χ1v) is 7.63. The van der Waals surface area contributed by atoms with Crippen LogP contribution in [0.3, 0.4) is 0 Å². The Bertz CT molecular complexity index is 734. The molecule has 0 radical (unpaired) electrons. The van der Waals surface area contributed by atoms with Crippen LogP contribution in [0, 0.1) is 5.82 Å². The van der Waals surface area contributed by atoms with Crippen LogP contribution in [0.5, 0.6) is 5.75 Å². The van der Waals surface area contributed by atoms with Gasteiger partial charge < -0.3 is 5.11 Å². The van der Waals surface area contributed by atoms with Gasteiger partial charge in [0.05, 0.1) is 11.4 Å². The van der Waals surface area contributed by atoms with Crippen molar-refractivity contribution < 1.29 is 17.9 Å². The number of phenols is 1. The molecule has 0 atom stereocenters. The van der Waals surface area contributed by atoms with Gasteiger partial charge in [0, 0.05) is 11.1 Å². The van der Waals surface area contributed by atoms with Crippen molar-refractivity contribution in [1.29, 1.82) is 0 Å². The summed E-state index contributed by atoms with van der Waals surface area (Å²) >= 11 is 5.89. The lowest BCUT2D eigenvalue weighted by Gasteiger charge is -2.10. The molecule has 2 aromatic rings. The lowest BCUT2D eigenvalue weighted by Crippen LogP contribution is -2.16. The zero-order valence-electron chi connectivity index (χ0n) is 10.2. The Morgan fingerprint density at radius 2 is 1.90 bits per heavy atom. The van der Waals surface area contributed by atoms with Crippen LogP contribution in [0.1, 0.15) is 5.56 Å². The monoisotopic (exact) mass is 315 g/mol. The molecule has 2 rings (SSSR count). The lowest BCUT2D eigenvalue weighted by molar-refractivity contribution is 0.469. The summed E-state index contributed by atoms with van der Waals surface area (Å²) in [5.74, 6) is -1.50. The maximum Gasteiger partial charge on any atom is 0.237 e. The van der Waals surface area contributed by atoms with Crippen LogP contribution < -0.4 is 4.72 Å². The van der Waals surface area contributed by atoms with Crippen LogP contribution in [-0.2, 0) is 15.8 Å². The third-order valence-electron chi connectivity index (χ3n) is 2.52. The van der Waals surface area contributed by atoms with Crippen molar-refractivity contribution in [3.8, 4) is 5.75 Å². The Morgan fingerprint density at radius 3 is 2.55 bits per heavy atom. The van der Waals surface area contributed by atoms with Crippen molar-refractivity contribution in [3.05, 3.63) is 58.9 Å².